The minimum absolute atomic E-state index is 0.0584. The number of hydrogen-bond donors (Lipinski definition) is 1. The van der Waals surface area contributed by atoms with E-state index in [2.05, 4.69) is 24.4 Å². The van der Waals surface area contributed by atoms with Crippen LogP contribution in [-0.4, -0.2) is 37.6 Å². The molecule has 0 aromatic heterocycles. The molecule has 0 spiro atoms. The first-order valence-corrected chi connectivity index (χ1v) is 8.08. The number of anilines is 1. The van der Waals surface area contributed by atoms with Crippen molar-refractivity contribution in [1.82, 2.24) is 4.90 Å². The molecule has 0 aliphatic carbocycles. The monoisotopic (exact) mass is 326 g/mol. The van der Waals surface area contributed by atoms with E-state index < -0.39 is 0 Å². The predicted molar refractivity (Wildman–Crippen MR) is 93.5 cm³/mol. The van der Waals surface area contributed by atoms with Crippen LogP contribution in [0.3, 0.4) is 0 Å². The number of nitrogens with zero attached hydrogens (tertiary/aromatic N) is 1. The Kier molecular flexibility index (Phi) is 5.01. The zero-order valence-electron chi connectivity index (χ0n) is 14.0. The van der Waals surface area contributed by atoms with Gasteiger partial charge in [-0.05, 0) is 31.7 Å². The molecule has 1 amide bonds. The Morgan fingerprint density at radius 1 is 1.12 bits per heavy atom. The quantitative estimate of drug-likeness (QED) is 0.917. The summed E-state index contributed by atoms with van der Waals surface area (Å²) < 4.78 is 11.0. The van der Waals surface area contributed by atoms with E-state index in [0.717, 1.165) is 0 Å². The van der Waals surface area contributed by atoms with Gasteiger partial charge in [-0.15, -0.1) is 0 Å². The van der Waals surface area contributed by atoms with Gasteiger partial charge in [0.2, 0.25) is 5.91 Å². The summed E-state index contributed by atoms with van der Waals surface area (Å²) in [7, 11) is 1.95. The number of benzene rings is 2. The van der Waals surface area contributed by atoms with Crippen molar-refractivity contribution in [2.24, 2.45) is 0 Å². The fraction of sp³-hybridized carbons (Fsp3) is 0.316. The van der Waals surface area contributed by atoms with Gasteiger partial charge in [-0.2, -0.15) is 0 Å². The highest BCUT2D eigenvalue weighted by Crippen LogP contribution is 2.32. The molecule has 3 rings (SSSR count). The molecule has 0 bridgehead atoms. The molecular formula is C19H22N2O3. The number of rotatable bonds is 5. The first-order valence-electron chi connectivity index (χ1n) is 8.08. The van der Waals surface area contributed by atoms with Crippen molar-refractivity contribution in [2.75, 3.05) is 32.1 Å². The summed E-state index contributed by atoms with van der Waals surface area (Å²) in [5.74, 6) is 1.33. The van der Waals surface area contributed by atoms with Crippen LogP contribution in [0.1, 0.15) is 18.5 Å². The van der Waals surface area contributed by atoms with E-state index >= 15 is 0 Å². The first-order chi connectivity index (χ1) is 11.6. The summed E-state index contributed by atoms with van der Waals surface area (Å²) in [6, 6.07) is 15.8. The lowest BCUT2D eigenvalue weighted by atomic mass is 10.1. The van der Waals surface area contributed by atoms with E-state index in [1.807, 2.05) is 42.3 Å². The Morgan fingerprint density at radius 3 is 2.58 bits per heavy atom. The van der Waals surface area contributed by atoms with Gasteiger partial charge >= 0.3 is 0 Å². The zero-order chi connectivity index (χ0) is 16.9. The molecular weight excluding hydrogens is 304 g/mol. The van der Waals surface area contributed by atoms with Crippen LogP contribution in [0.2, 0.25) is 0 Å². The summed E-state index contributed by atoms with van der Waals surface area (Å²) in [6.07, 6.45) is 0. The van der Waals surface area contributed by atoms with Gasteiger partial charge in [0, 0.05) is 17.8 Å². The highest BCUT2D eigenvalue weighted by atomic mass is 16.6. The minimum Gasteiger partial charge on any atom is -0.486 e. The Hall–Kier alpha value is -2.53. The van der Waals surface area contributed by atoms with Crippen LogP contribution in [-0.2, 0) is 4.79 Å². The summed E-state index contributed by atoms with van der Waals surface area (Å²) in [5, 5.41) is 2.91. The van der Waals surface area contributed by atoms with Gasteiger partial charge in [-0.25, -0.2) is 0 Å². The lowest BCUT2D eigenvalue weighted by Crippen LogP contribution is -2.32. The van der Waals surface area contributed by atoms with Crippen molar-refractivity contribution in [3.8, 4) is 11.5 Å². The Morgan fingerprint density at radius 2 is 1.83 bits per heavy atom. The number of hydrogen-bond acceptors (Lipinski definition) is 4. The van der Waals surface area contributed by atoms with E-state index in [1.165, 1.54) is 5.56 Å². The highest BCUT2D eigenvalue weighted by molar-refractivity contribution is 5.92. The van der Waals surface area contributed by atoms with Gasteiger partial charge in [-0.1, -0.05) is 30.3 Å². The molecule has 24 heavy (non-hydrogen) atoms. The van der Waals surface area contributed by atoms with Crippen LogP contribution in [0.5, 0.6) is 11.5 Å². The van der Waals surface area contributed by atoms with Crippen LogP contribution in [0.25, 0.3) is 0 Å². The first kappa shape index (κ1) is 16.3. The predicted octanol–water partition coefficient (Wildman–Crippen LogP) is 3.09. The number of nitrogens with one attached hydrogen (secondary N) is 1. The number of likely N-dealkylation sites (N-methyl/N-ethyl adjacent to an activating group) is 1. The molecule has 2 aromatic rings. The topological polar surface area (TPSA) is 50.8 Å². The molecule has 5 nitrogen and oxygen atoms in total. The lowest BCUT2D eigenvalue weighted by molar-refractivity contribution is -0.117. The average molecular weight is 326 g/mol. The molecule has 1 unspecified atom stereocenters. The van der Waals surface area contributed by atoms with E-state index in [0.29, 0.717) is 36.9 Å². The Balaban J connectivity index is 1.59. The molecule has 0 radical (unpaired) electrons. The summed E-state index contributed by atoms with van der Waals surface area (Å²) in [5.41, 5.74) is 1.90. The average Bonchev–Trinajstić information content (AvgIpc) is 2.61. The molecule has 5 heteroatoms. The van der Waals surface area contributed by atoms with Gasteiger partial charge in [0.15, 0.2) is 11.5 Å². The van der Waals surface area contributed by atoms with Gasteiger partial charge in [0.25, 0.3) is 0 Å². The third-order valence-electron chi connectivity index (χ3n) is 4.16. The van der Waals surface area contributed by atoms with E-state index in [-0.39, 0.29) is 11.9 Å². The fourth-order valence-corrected chi connectivity index (χ4v) is 2.67. The number of ether oxygens (including phenoxy) is 2. The third kappa shape index (κ3) is 3.86. The maximum absolute atomic E-state index is 12.3. The number of carbonyl (C=O) groups excluding carboxylic acids is 1. The van der Waals surface area contributed by atoms with E-state index in [4.69, 9.17) is 9.47 Å². The molecule has 1 aliphatic rings. The van der Waals surface area contributed by atoms with Crippen molar-refractivity contribution >= 4 is 11.6 Å². The van der Waals surface area contributed by atoms with Crippen molar-refractivity contribution < 1.29 is 14.3 Å². The van der Waals surface area contributed by atoms with Crippen LogP contribution >= 0.6 is 0 Å². The van der Waals surface area contributed by atoms with Crippen LogP contribution in [0.4, 0.5) is 5.69 Å². The SMILES string of the molecule is CC(c1ccccc1)N(C)CC(=O)Nc1ccc2c(c1)OCCO2. The van der Waals surface area contributed by atoms with Crippen LogP contribution in [0.15, 0.2) is 48.5 Å². The van der Waals surface area contributed by atoms with Crippen molar-refractivity contribution in [3.63, 3.8) is 0 Å². The highest BCUT2D eigenvalue weighted by Gasteiger charge is 2.16. The summed E-state index contributed by atoms with van der Waals surface area (Å²) in [6.45, 7) is 3.49. The smallest absolute Gasteiger partial charge is 0.238 e. The molecule has 1 heterocycles. The molecule has 126 valence electrons. The van der Waals surface area contributed by atoms with Gasteiger partial charge in [-0.3, -0.25) is 9.69 Å². The second kappa shape index (κ2) is 7.36. The molecule has 0 saturated heterocycles. The fourth-order valence-electron chi connectivity index (χ4n) is 2.67. The molecule has 0 saturated carbocycles. The molecule has 2 aromatic carbocycles. The van der Waals surface area contributed by atoms with Crippen molar-refractivity contribution in [1.29, 1.82) is 0 Å². The third-order valence-corrected chi connectivity index (χ3v) is 4.16. The summed E-state index contributed by atoms with van der Waals surface area (Å²) in [4.78, 5) is 14.3. The van der Waals surface area contributed by atoms with Gasteiger partial charge in [0.05, 0.1) is 6.54 Å². The number of carbonyl (C=O) groups is 1. The van der Waals surface area contributed by atoms with Crippen molar-refractivity contribution in [3.05, 3.63) is 54.1 Å². The molecule has 1 atom stereocenters. The number of amides is 1. The largest absolute Gasteiger partial charge is 0.486 e. The normalized spacial score (nSPS) is 14.3. The molecule has 1 aliphatic heterocycles. The molecule has 0 fully saturated rings. The number of fused-ring (bicyclic) bond motifs is 1. The second-order valence-corrected chi connectivity index (χ2v) is 5.91. The van der Waals surface area contributed by atoms with Crippen LogP contribution in [0, 0.1) is 0 Å². The second-order valence-electron chi connectivity index (χ2n) is 5.91. The Bertz CT molecular complexity index is 703. The maximum Gasteiger partial charge on any atom is 0.238 e. The lowest BCUT2D eigenvalue weighted by Gasteiger charge is -2.24. The molecule has 1 N–H and O–H groups in total. The minimum atomic E-state index is -0.0584. The van der Waals surface area contributed by atoms with Crippen LogP contribution < -0.4 is 14.8 Å². The van der Waals surface area contributed by atoms with Crippen molar-refractivity contribution in [2.45, 2.75) is 13.0 Å². The maximum atomic E-state index is 12.3. The summed E-state index contributed by atoms with van der Waals surface area (Å²) >= 11 is 0. The van der Waals surface area contributed by atoms with E-state index in [9.17, 15) is 4.79 Å². The zero-order valence-corrected chi connectivity index (χ0v) is 14.0. The van der Waals surface area contributed by atoms with Gasteiger partial charge < -0.3 is 14.8 Å². The van der Waals surface area contributed by atoms with Gasteiger partial charge in [0.1, 0.15) is 13.2 Å². The standard InChI is InChI=1S/C19H22N2O3/c1-14(15-6-4-3-5-7-15)21(2)13-19(22)20-16-8-9-17-18(12-16)24-11-10-23-17/h3-9,12,14H,10-11,13H2,1-2H3,(H,20,22). The van der Waals surface area contributed by atoms with E-state index in [1.54, 1.807) is 6.07 Å². The Labute approximate surface area is 142 Å².